The zero-order valence-corrected chi connectivity index (χ0v) is 13.0. The van der Waals surface area contributed by atoms with Crippen LogP contribution in [-0.2, 0) is 4.79 Å². The number of carbonyl (C=O) groups excluding carboxylic acids is 1. The topological polar surface area (TPSA) is 76.4 Å². The molecule has 5 nitrogen and oxygen atoms in total. The minimum atomic E-state index is -0.728. The first-order valence-electron chi connectivity index (χ1n) is 8.16. The molecule has 5 heteroatoms. The van der Waals surface area contributed by atoms with Gasteiger partial charge in [-0.15, -0.1) is 0 Å². The third kappa shape index (κ3) is 4.42. The van der Waals surface area contributed by atoms with Gasteiger partial charge in [-0.2, -0.15) is 5.26 Å². The summed E-state index contributed by atoms with van der Waals surface area (Å²) >= 11 is 0. The summed E-state index contributed by atoms with van der Waals surface area (Å²) in [6.07, 6.45) is 7.92. The van der Waals surface area contributed by atoms with Crippen molar-refractivity contribution < 1.29 is 9.90 Å². The molecule has 0 aromatic heterocycles. The van der Waals surface area contributed by atoms with Gasteiger partial charge in [-0.05, 0) is 38.5 Å². The Bertz CT molecular complexity index is 397. The number of nitrogens with one attached hydrogen (secondary N) is 1. The van der Waals surface area contributed by atoms with Crippen molar-refractivity contribution in [1.82, 2.24) is 10.2 Å². The number of aliphatic hydroxyl groups excluding tert-OH is 1. The van der Waals surface area contributed by atoms with Crippen molar-refractivity contribution in [3.05, 3.63) is 0 Å². The molecule has 0 aromatic carbocycles. The van der Waals surface area contributed by atoms with Gasteiger partial charge in [-0.1, -0.05) is 19.3 Å². The lowest BCUT2D eigenvalue weighted by Gasteiger charge is -2.34. The van der Waals surface area contributed by atoms with E-state index in [0.717, 1.165) is 25.7 Å². The Balaban J connectivity index is 1.89. The van der Waals surface area contributed by atoms with Crippen molar-refractivity contribution in [2.45, 2.75) is 63.5 Å². The zero-order chi connectivity index (χ0) is 15.3. The molecule has 2 saturated carbocycles. The quantitative estimate of drug-likeness (QED) is 0.744. The Labute approximate surface area is 127 Å². The van der Waals surface area contributed by atoms with Crippen molar-refractivity contribution >= 4 is 5.91 Å². The van der Waals surface area contributed by atoms with Gasteiger partial charge in [-0.25, -0.2) is 0 Å². The molecule has 0 saturated heterocycles. The van der Waals surface area contributed by atoms with Crippen LogP contribution in [0.1, 0.15) is 51.9 Å². The Kier molecular flexibility index (Phi) is 5.60. The number of carbonyl (C=O) groups is 1. The number of rotatable bonds is 7. The van der Waals surface area contributed by atoms with Crippen LogP contribution >= 0.6 is 0 Å². The largest absolute Gasteiger partial charge is 0.395 e. The van der Waals surface area contributed by atoms with Gasteiger partial charge in [0, 0.05) is 12.6 Å². The summed E-state index contributed by atoms with van der Waals surface area (Å²) in [7, 11) is 0. The average molecular weight is 293 g/mol. The maximum atomic E-state index is 12.3. The number of amides is 1. The van der Waals surface area contributed by atoms with Crippen LogP contribution in [0.5, 0.6) is 0 Å². The van der Waals surface area contributed by atoms with Crippen LogP contribution in [0.3, 0.4) is 0 Å². The Morgan fingerprint density at radius 1 is 1.33 bits per heavy atom. The molecule has 2 rings (SSSR count). The van der Waals surface area contributed by atoms with E-state index in [1.165, 1.54) is 19.3 Å². The van der Waals surface area contributed by atoms with Gasteiger partial charge in [0.1, 0.15) is 5.54 Å². The van der Waals surface area contributed by atoms with Crippen molar-refractivity contribution in [2.75, 3.05) is 19.7 Å². The second-order valence-corrected chi connectivity index (χ2v) is 6.62. The fraction of sp³-hybridized carbons (Fsp3) is 0.875. The van der Waals surface area contributed by atoms with E-state index in [1.54, 1.807) is 0 Å². The van der Waals surface area contributed by atoms with E-state index in [0.29, 0.717) is 18.5 Å². The molecule has 1 atom stereocenters. The van der Waals surface area contributed by atoms with E-state index in [-0.39, 0.29) is 19.1 Å². The summed E-state index contributed by atoms with van der Waals surface area (Å²) in [6.45, 7) is 2.71. The maximum Gasteiger partial charge on any atom is 0.235 e. The normalized spacial score (nSPS) is 22.6. The molecular weight excluding hydrogens is 266 g/mol. The molecule has 2 N–H and O–H groups in total. The Morgan fingerprint density at radius 2 is 2.00 bits per heavy atom. The third-order valence-corrected chi connectivity index (χ3v) is 4.85. The summed E-state index contributed by atoms with van der Waals surface area (Å²) in [5.74, 6) is 0.206. The molecule has 2 aliphatic carbocycles. The number of nitrogens with zero attached hydrogens (tertiary/aromatic N) is 2. The highest BCUT2D eigenvalue weighted by atomic mass is 16.3. The zero-order valence-electron chi connectivity index (χ0n) is 13.0. The molecule has 0 spiro atoms. The summed E-state index contributed by atoms with van der Waals surface area (Å²) in [5, 5.41) is 21.5. The van der Waals surface area contributed by atoms with Crippen LogP contribution in [0.15, 0.2) is 0 Å². The molecule has 2 aliphatic rings. The molecule has 0 radical (unpaired) electrons. The van der Waals surface area contributed by atoms with Gasteiger partial charge in [-0.3, -0.25) is 9.69 Å². The van der Waals surface area contributed by atoms with E-state index in [4.69, 9.17) is 0 Å². The molecule has 0 aromatic rings. The van der Waals surface area contributed by atoms with Gasteiger partial charge in [0.15, 0.2) is 0 Å². The van der Waals surface area contributed by atoms with Crippen molar-refractivity contribution in [2.24, 2.45) is 5.92 Å². The Morgan fingerprint density at radius 3 is 2.52 bits per heavy atom. The van der Waals surface area contributed by atoms with Gasteiger partial charge < -0.3 is 10.4 Å². The van der Waals surface area contributed by atoms with Crippen LogP contribution in [0, 0.1) is 17.2 Å². The second-order valence-electron chi connectivity index (χ2n) is 6.62. The maximum absolute atomic E-state index is 12.3. The molecule has 118 valence electrons. The van der Waals surface area contributed by atoms with E-state index in [1.807, 2.05) is 6.92 Å². The van der Waals surface area contributed by atoms with Crippen LogP contribution in [0.25, 0.3) is 0 Å². The molecule has 0 bridgehead atoms. The van der Waals surface area contributed by atoms with Crippen LogP contribution < -0.4 is 5.32 Å². The van der Waals surface area contributed by atoms with Gasteiger partial charge in [0.25, 0.3) is 0 Å². The molecular formula is C16H27N3O2. The number of hydrogen-bond acceptors (Lipinski definition) is 4. The highest BCUT2D eigenvalue weighted by Gasteiger charge is 2.43. The highest BCUT2D eigenvalue weighted by Crippen LogP contribution is 2.39. The first kappa shape index (κ1) is 16.3. The Hall–Kier alpha value is -1.12. The summed E-state index contributed by atoms with van der Waals surface area (Å²) in [6, 6.07) is 2.65. The lowest BCUT2D eigenvalue weighted by Crippen LogP contribution is -2.52. The predicted octanol–water partition coefficient (Wildman–Crippen LogP) is 1.42. The van der Waals surface area contributed by atoms with E-state index >= 15 is 0 Å². The summed E-state index contributed by atoms with van der Waals surface area (Å²) in [4.78, 5) is 14.4. The van der Waals surface area contributed by atoms with Crippen molar-refractivity contribution in [3.8, 4) is 6.07 Å². The van der Waals surface area contributed by atoms with Crippen LogP contribution in [0.4, 0.5) is 0 Å². The molecule has 1 amide bonds. The lowest BCUT2D eigenvalue weighted by molar-refractivity contribution is -0.124. The summed E-state index contributed by atoms with van der Waals surface area (Å²) in [5.41, 5.74) is -0.728. The predicted molar refractivity (Wildman–Crippen MR) is 80.4 cm³/mol. The highest BCUT2D eigenvalue weighted by molar-refractivity contribution is 5.79. The minimum Gasteiger partial charge on any atom is -0.395 e. The van der Waals surface area contributed by atoms with Crippen molar-refractivity contribution in [3.63, 3.8) is 0 Å². The van der Waals surface area contributed by atoms with Crippen LogP contribution in [-0.4, -0.2) is 47.2 Å². The van der Waals surface area contributed by atoms with E-state index in [2.05, 4.69) is 16.3 Å². The van der Waals surface area contributed by atoms with Gasteiger partial charge in [0.2, 0.25) is 5.91 Å². The summed E-state index contributed by atoms with van der Waals surface area (Å²) < 4.78 is 0. The monoisotopic (exact) mass is 293 g/mol. The fourth-order valence-corrected chi connectivity index (χ4v) is 3.36. The third-order valence-electron chi connectivity index (χ3n) is 4.85. The molecule has 0 heterocycles. The SMILES string of the molecule is CC(C#N)(NC(=O)CN(CCO)C1CCCCC1)C1CC1. The fourth-order valence-electron chi connectivity index (χ4n) is 3.36. The molecule has 0 aliphatic heterocycles. The lowest BCUT2D eigenvalue weighted by atomic mass is 9.94. The first-order chi connectivity index (χ1) is 10.1. The standard InChI is InChI=1S/C16H27N3O2/c1-16(12-17,13-7-8-13)18-15(21)11-19(9-10-20)14-5-3-2-4-6-14/h13-14,20H,2-11H2,1H3,(H,18,21). The average Bonchev–Trinajstić information content (AvgIpc) is 3.32. The first-order valence-corrected chi connectivity index (χ1v) is 8.16. The second kappa shape index (κ2) is 7.24. The number of hydrogen-bond donors (Lipinski definition) is 2. The number of nitriles is 1. The minimum absolute atomic E-state index is 0.0714. The number of aliphatic hydroxyl groups is 1. The van der Waals surface area contributed by atoms with Crippen molar-refractivity contribution in [1.29, 1.82) is 5.26 Å². The van der Waals surface area contributed by atoms with E-state index in [9.17, 15) is 15.2 Å². The van der Waals surface area contributed by atoms with E-state index < -0.39 is 5.54 Å². The molecule has 2 fully saturated rings. The molecule has 21 heavy (non-hydrogen) atoms. The van der Waals surface area contributed by atoms with Gasteiger partial charge in [0.05, 0.1) is 19.2 Å². The van der Waals surface area contributed by atoms with Gasteiger partial charge >= 0.3 is 0 Å². The molecule has 1 unspecified atom stereocenters. The van der Waals surface area contributed by atoms with Crippen LogP contribution in [0.2, 0.25) is 0 Å². The smallest absolute Gasteiger partial charge is 0.235 e.